The fraction of sp³-hybridized carbons (Fsp3) is 0.235. The van der Waals surface area contributed by atoms with Crippen LogP contribution in [0.4, 0.5) is 9.18 Å². The first-order valence-electron chi connectivity index (χ1n) is 7.14. The molecule has 0 aliphatic carbocycles. The summed E-state index contributed by atoms with van der Waals surface area (Å²) in [7, 11) is 0. The SMILES string of the molecule is O=C(NCCC(O)c1ccccc1)NCc1ccc(F)cc1. The third-order valence-corrected chi connectivity index (χ3v) is 3.25. The van der Waals surface area contributed by atoms with Gasteiger partial charge >= 0.3 is 6.03 Å². The number of amides is 2. The first-order valence-corrected chi connectivity index (χ1v) is 7.14. The van der Waals surface area contributed by atoms with Gasteiger partial charge < -0.3 is 15.7 Å². The first-order chi connectivity index (χ1) is 10.6. The lowest BCUT2D eigenvalue weighted by atomic mass is 10.1. The molecule has 22 heavy (non-hydrogen) atoms. The lowest BCUT2D eigenvalue weighted by molar-refractivity contribution is 0.167. The highest BCUT2D eigenvalue weighted by molar-refractivity contribution is 5.73. The molecule has 4 nitrogen and oxygen atoms in total. The Morgan fingerprint density at radius 2 is 1.73 bits per heavy atom. The number of halogens is 1. The van der Waals surface area contributed by atoms with Crippen LogP contribution in [0.5, 0.6) is 0 Å². The summed E-state index contributed by atoms with van der Waals surface area (Å²) in [6.07, 6.45) is -0.160. The van der Waals surface area contributed by atoms with Gasteiger partial charge in [-0.3, -0.25) is 0 Å². The van der Waals surface area contributed by atoms with E-state index in [2.05, 4.69) is 10.6 Å². The number of carbonyl (C=O) groups is 1. The maximum Gasteiger partial charge on any atom is 0.315 e. The molecule has 0 aliphatic heterocycles. The summed E-state index contributed by atoms with van der Waals surface area (Å²) in [6.45, 7) is 0.693. The second kappa shape index (κ2) is 8.14. The van der Waals surface area contributed by atoms with Crippen LogP contribution in [-0.4, -0.2) is 17.7 Å². The number of hydrogen-bond donors (Lipinski definition) is 3. The molecular weight excluding hydrogens is 283 g/mol. The molecule has 0 bridgehead atoms. The Kier molecular flexibility index (Phi) is 5.91. The van der Waals surface area contributed by atoms with E-state index in [9.17, 15) is 14.3 Å². The minimum atomic E-state index is -0.599. The van der Waals surface area contributed by atoms with Crippen molar-refractivity contribution in [1.82, 2.24) is 10.6 Å². The van der Waals surface area contributed by atoms with Gasteiger partial charge in [0.2, 0.25) is 0 Å². The molecule has 0 heterocycles. The summed E-state index contributed by atoms with van der Waals surface area (Å²) < 4.78 is 12.7. The van der Waals surface area contributed by atoms with E-state index < -0.39 is 6.10 Å². The minimum absolute atomic E-state index is 0.303. The van der Waals surface area contributed by atoms with Crippen LogP contribution in [0.2, 0.25) is 0 Å². The Morgan fingerprint density at radius 3 is 2.41 bits per heavy atom. The van der Waals surface area contributed by atoms with Crippen molar-refractivity contribution in [2.45, 2.75) is 19.1 Å². The summed E-state index contributed by atoms with van der Waals surface area (Å²) in [4.78, 5) is 11.6. The van der Waals surface area contributed by atoms with Crippen LogP contribution in [0, 0.1) is 5.82 Å². The van der Waals surface area contributed by atoms with Gasteiger partial charge in [-0.25, -0.2) is 9.18 Å². The molecule has 0 saturated carbocycles. The number of aliphatic hydroxyl groups excluding tert-OH is 1. The molecule has 0 saturated heterocycles. The Hall–Kier alpha value is -2.40. The van der Waals surface area contributed by atoms with E-state index in [1.807, 2.05) is 30.3 Å². The highest BCUT2D eigenvalue weighted by atomic mass is 19.1. The topological polar surface area (TPSA) is 61.4 Å². The van der Waals surface area contributed by atoms with Gasteiger partial charge in [-0.2, -0.15) is 0 Å². The van der Waals surface area contributed by atoms with Crippen molar-refractivity contribution in [2.75, 3.05) is 6.54 Å². The predicted molar refractivity (Wildman–Crippen MR) is 82.7 cm³/mol. The number of nitrogens with one attached hydrogen (secondary N) is 2. The Labute approximate surface area is 129 Å². The van der Waals surface area contributed by atoms with E-state index in [0.29, 0.717) is 19.5 Å². The van der Waals surface area contributed by atoms with Gasteiger partial charge in [-0.15, -0.1) is 0 Å². The molecule has 0 spiro atoms. The number of carbonyl (C=O) groups excluding carboxylic acids is 1. The quantitative estimate of drug-likeness (QED) is 0.768. The van der Waals surface area contributed by atoms with Crippen LogP contribution in [-0.2, 0) is 6.54 Å². The number of hydrogen-bond acceptors (Lipinski definition) is 2. The standard InChI is InChI=1S/C17H19FN2O2/c18-15-8-6-13(7-9-15)12-20-17(22)19-11-10-16(21)14-4-2-1-3-5-14/h1-9,16,21H,10-12H2,(H2,19,20,22). The van der Waals surface area contributed by atoms with Crippen molar-refractivity contribution in [2.24, 2.45) is 0 Å². The molecule has 0 fully saturated rings. The maximum absolute atomic E-state index is 12.7. The number of benzene rings is 2. The molecular formula is C17H19FN2O2. The van der Waals surface area contributed by atoms with Crippen molar-refractivity contribution in [3.05, 3.63) is 71.5 Å². The Bertz CT molecular complexity index is 587. The van der Waals surface area contributed by atoms with Crippen molar-refractivity contribution >= 4 is 6.03 Å². The van der Waals surface area contributed by atoms with Crippen molar-refractivity contribution in [3.8, 4) is 0 Å². The maximum atomic E-state index is 12.7. The molecule has 2 rings (SSSR count). The second-order valence-corrected chi connectivity index (χ2v) is 4.95. The molecule has 2 amide bonds. The molecule has 0 aliphatic rings. The zero-order valence-corrected chi connectivity index (χ0v) is 12.1. The summed E-state index contributed by atoms with van der Waals surface area (Å²) in [5.41, 5.74) is 1.65. The summed E-state index contributed by atoms with van der Waals surface area (Å²) in [5, 5.41) is 15.3. The van der Waals surface area contributed by atoms with Crippen LogP contribution in [0.25, 0.3) is 0 Å². The monoisotopic (exact) mass is 302 g/mol. The zero-order valence-electron chi connectivity index (χ0n) is 12.1. The highest BCUT2D eigenvalue weighted by Crippen LogP contribution is 2.14. The van der Waals surface area contributed by atoms with E-state index in [-0.39, 0.29) is 11.8 Å². The Balaban J connectivity index is 1.66. The van der Waals surface area contributed by atoms with E-state index in [1.165, 1.54) is 12.1 Å². The molecule has 0 radical (unpaired) electrons. The predicted octanol–water partition coefficient (Wildman–Crippen LogP) is 2.75. The second-order valence-electron chi connectivity index (χ2n) is 4.95. The highest BCUT2D eigenvalue weighted by Gasteiger charge is 2.07. The minimum Gasteiger partial charge on any atom is -0.388 e. The van der Waals surface area contributed by atoms with E-state index in [4.69, 9.17) is 0 Å². The van der Waals surface area contributed by atoms with Gasteiger partial charge in [-0.1, -0.05) is 42.5 Å². The fourth-order valence-electron chi connectivity index (χ4n) is 2.01. The van der Waals surface area contributed by atoms with Crippen molar-refractivity contribution in [3.63, 3.8) is 0 Å². The largest absolute Gasteiger partial charge is 0.388 e. The molecule has 2 aromatic carbocycles. The average Bonchev–Trinajstić information content (AvgIpc) is 2.55. The van der Waals surface area contributed by atoms with Crippen molar-refractivity contribution in [1.29, 1.82) is 0 Å². The Morgan fingerprint density at radius 1 is 1.05 bits per heavy atom. The number of rotatable bonds is 6. The van der Waals surface area contributed by atoms with Gasteiger partial charge in [0, 0.05) is 13.1 Å². The molecule has 5 heteroatoms. The van der Waals surface area contributed by atoms with Gasteiger partial charge in [0.25, 0.3) is 0 Å². The lowest BCUT2D eigenvalue weighted by Crippen LogP contribution is -2.36. The average molecular weight is 302 g/mol. The summed E-state index contributed by atoms with van der Waals surface area (Å²) in [6, 6.07) is 14.9. The molecule has 116 valence electrons. The third-order valence-electron chi connectivity index (χ3n) is 3.25. The number of urea groups is 1. The molecule has 1 atom stereocenters. The summed E-state index contributed by atoms with van der Waals surface area (Å²) in [5.74, 6) is -0.303. The normalized spacial score (nSPS) is 11.7. The van der Waals surface area contributed by atoms with E-state index >= 15 is 0 Å². The smallest absolute Gasteiger partial charge is 0.315 e. The van der Waals surface area contributed by atoms with E-state index in [1.54, 1.807) is 12.1 Å². The lowest BCUT2D eigenvalue weighted by Gasteiger charge is -2.12. The van der Waals surface area contributed by atoms with Gasteiger partial charge in [-0.05, 0) is 29.7 Å². The fourth-order valence-corrected chi connectivity index (χ4v) is 2.01. The summed E-state index contributed by atoms with van der Waals surface area (Å²) >= 11 is 0. The molecule has 0 aromatic heterocycles. The van der Waals surface area contributed by atoms with E-state index in [0.717, 1.165) is 11.1 Å². The zero-order chi connectivity index (χ0) is 15.8. The third kappa shape index (κ3) is 5.18. The first kappa shape index (κ1) is 16.0. The molecule has 1 unspecified atom stereocenters. The van der Waals surface area contributed by atoms with Gasteiger partial charge in [0.1, 0.15) is 5.82 Å². The van der Waals surface area contributed by atoms with Crippen LogP contribution in [0.15, 0.2) is 54.6 Å². The van der Waals surface area contributed by atoms with Gasteiger partial charge in [0.15, 0.2) is 0 Å². The van der Waals surface area contributed by atoms with Gasteiger partial charge in [0.05, 0.1) is 6.10 Å². The van der Waals surface area contributed by atoms with Crippen LogP contribution >= 0.6 is 0 Å². The van der Waals surface area contributed by atoms with Crippen molar-refractivity contribution < 1.29 is 14.3 Å². The van der Waals surface area contributed by atoms with Crippen LogP contribution in [0.3, 0.4) is 0 Å². The molecule has 2 aromatic rings. The molecule has 3 N–H and O–H groups in total. The van der Waals surface area contributed by atoms with Crippen LogP contribution < -0.4 is 10.6 Å². The number of aliphatic hydroxyl groups is 1. The van der Waals surface area contributed by atoms with Crippen LogP contribution in [0.1, 0.15) is 23.7 Å².